The monoisotopic (exact) mass is 230 g/mol. The molecule has 0 heterocycles. The molecular formula is C12H13F3O. The predicted octanol–water partition coefficient (Wildman–Crippen LogP) is 3.73. The first kappa shape index (κ1) is 11.5. The molecule has 16 heavy (non-hydrogen) atoms. The Balaban J connectivity index is 2.38. The van der Waals surface area contributed by atoms with Crippen LogP contribution in [0.3, 0.4) is 0 Å². The number of ether oxygens (including phenoxy) is 1. The van der Waals surface area contributed by atoms with Crippen LogP contribution in [0.15, 0.2) is 18.2 Å². The summed E-state index contributed by atoms with van der Waals surface area (Å²) < 4.78 is 43.3. The van der Waals surface area contributed by atoms with Gasteiger partial charge in [0.2, 0.25) is 0 Å². The number of halogens is 3. The fourth-order valence-electron chi connectivity index (χ4n) is 1.86. The fraction of sp³-hybridized carbons (Fsp3) is 0.500. The van der Waals surface area contributed by atoms with Crippen molar-refractivity contribution in [3.8, 4) is 0 Å². The average Bonchev–Trinajstić information content (AvgIpc) is 3.00. The molecule has 1 aliphatic rings. The summed E-state index contributed by atoms with van der Waals surface area (Å²) in [4.78, 5) is 0. The van der Waals surface area contributed by atoms with Crippen molar-refractivity contribution < 1.29 is 17.9 Å². The Bertz CT molecular complexity index is 380. The van der Waals surface area contributed by atoms with E-state index in [-0.39, 0.29) is 12.5 Å². The van der Waals surface area contributed by atoms with Gasteiger partial charge in [0, 0.05) is 7.11 Å². The molecule has 1 aromatic carbocycles. The zero-order valence-electron chi connectivity index (χ0n) is 8.97. The summed E-state index contributed by atoms with van der Waals surface area (Å²) in [5, 5.41) is 0. The quantitative estimate of drug-likeness (QED) is 0.768. The van der Waals surface area contributed by atoms with Crippen molar-refractivity contribution in [2.75, 3.05) is 7.11 Å². The molecule has 0 unspecified atom stereocenters. The second-order valence-corrected chi connectivity index (χ2v) is 4.13. The van der Waals surface area contributed by atoms with Crippen molar-refractivity contribution in [2.45, 2.75) is 31.5 Å². The van der Waals surface area contributed by atoms with Gasteiger partial charge in [-0.3, -0.25) is 0 Å². The molecule has 0 N–H and O–H groups in total. The molecule has 1 aromatic rings. The van der Waals surface area contributed by atoms with Crippen molar-refractivity contribution in [1.82, 2.24) is 0 Å². The summed E-state index contributed by atoms with van der Waals surface area (Å²) in [6.07, 6.45) is -2.53. The lowest BCUT2D eigenvalue weighted by atomic mass is 10.00. The Hall–Kier alpha value is -1.03. The van der Waals surface area contributed by atoms with Crippen molar-refractivity contribution in [3.05, 3.63) is 34.9 Å². The van der Waals surface area contributed by atoms with Crippen LogP contribution in [0.5, 0.6) is 0 Å². The average molecular weight is 230 g/mol. The molecule has 0 aromatic heterocycles. The van der Waals surface area contributed by atoms with E-state index in [1.807, 2.05) is 0 Å². The van der Waals surface area contributed by atoms with Crippen molar-refractivity contribution in [2.24, 2.45) is 0 Å². The highest BCUT2D eigenvalue weighted by molar-refractivity contribution is 5.38. The SMILES string of the molecule is COCc1ccc(C2CC2)c(C(F)(F)F)c1. The van der Waals surface area contributed by atoms with E-state index in [0.29, 0.717) is 11.1 Å². The zero-order chi connectivity index (χ0) is 11.8. The van der Waals surface area contributed by atoms with E-state index in [1.165, 1.54) is 13.2 Å². The van der Waals surface area contributed by atoms with Crippen LogP contribution < -0.4 is 0 Å². The molecule has 1 aliphatic carbocycles. The van der Waals surface area contributed by atoms with Gasteiger partial charge in [-0.15, -0.1) is 0 Å². The van der Waals surface area contributed by atoms with Gasteiger partial charge in [0.1, 0.15) is 0 Å². The summed E-state index contributed by atoms with van der Waals surface area (Å²) in [5.74, 6) is 0.105. The van der Waals surface area contributed by atoms with Crippen LogP contribution in [0.4, 0.5) is 13.2 Å². The number of benzene rings is 1. The van der Waals surface area contributed by atoms with Gasteiger partial charge < -0.3 is 4.74 Å². The predicted molar refractivity (Wildman–Crippen MR) is 54.1 cm³/mol. The highest BCUT2D eigenvalue weighted by Crippen LogP contribution is 2.46. The number of hydrogen-bond acceptors (Lipinski definition) is 1. The summed E-state index contributed by atoms with van der Waals surface area (Å²) in [7, 11) is 1.47. The van der Waals surface area contributed by atoms with Crippen LogP contribution in [0.25, 0.3) is 0 Å². The molecule has 88 valence electrons. The first-order chi connectivity index (χ1) is 7.52. The van der Waals surface area contributed by atoms with E-state index < -0.39 is 11.7 Å². The second-order valence-electron chi connectivity index (χ2n) is 4.13. The topological polar surface area (TPSA) is 9.23 Å². The third-order valence-corrected chi connectivity index (χ3v) is 2.75. The standard InChI is InChI=1S/C12H13F3O/c1-16-7-8-2-5-10(9-3-4-9)11(6-8)12(13,14)15/h2,5-6,9H,3-4,7H2,1H3. The molecule has 0 saturated heterocycles. The van der Waals surface area contributed by atoms with Gasteiger partial charge in [-0.2, -0.15) is 13.2 Å². The zero-order valence-corrected chi connectivity index (χ0v) is 8.97. The molecule has 1 saturated carbocycles. The van der Waals surface area contributed by atoms with E-state index >= 15 is 0 Å². The van der Waals surface area contributed by atoms with E-state index in [0.717, 1.165) is 12.8 Å². The minimum atomic E-state index is -4.26. The molecule has 4 heteroatoms. The maximum atomic E-state index is 12.8. The van der Waals surface area contributed by atoms with Crippen LogP contribution >= 0.6 is 0 Å². The van der Waals surface area contributed by atoms with Gasteiger partial charge in [0.05, 0.1) is 12.2 Å². The molecule has 2 rings (SSSR count). The van der Waals surface area contributed by atoms with Crippen LogP contribution in [-0.4, -0.2) is 7.11 Å². The minimum Gasteiger partial charge on any atom is -0.380 e. The van der Waals surface area contributed by atoms with E-state index in [1.54, 1.807) is 12.1 Å². The molecule has 1 nitrogen and oxygen atoms in total. The first-order valence-corrected chi connectivity index (χ1v) is 5.21. The molecule has 0 amide bonds. The molecule has 0 spiro atoms. The third kappa shape index (κ3) is 2.38. The normalized spacial score (nSPS) is 16.5. The van der Waals surface area contributed by atoms with Crippen LogP contribution in [0.2, 0.25) is 0 Å². The molecule has 0 aliphatic heterocycles. The van der Waals surface area contributed by atoms with Crippen molar-refractivity contribution in [3.63, 3.8) is 0 Å². The summed E-state index contributed by atoms with van der Waals surface area (Å²) in [5.41, 5.74) is 0.510. The summed E-state index contributed by atoms with van der Waals surface area (Å²) >= 11 is 0. The van der Waals surface area contributed by atoms with E-state index in [9.17, 15) is 13.2 Å². The van der Waals surface area contributed by atoms with Crippen LogP contribution in [0, 0.1) is 0 Å². The van der Waals surface area contributed by atoms with Crippen LogP contribution in [0.1, 0.15) is 35.4 Å². The number of methoxy groups -OCH3 is 1. The van der Waals surface area contributed by atoms with Crippen molar-refractivity contribution >= 4 is 0 Å². The largest absolute Gasteiger partial charge is 0.416 e. The Kier molecular flexibility index (Phi) is 2.93. The Morgan fingerprint density at radius 1 is 1.31 bits per heavy atom. The molecule has 1 fully saturated rings. The van der Waals surface area contributed by atoms with Gasteiger partial charge in [-0.25, -0.2) is 0 Å². The maximum absolute atomic E-state index is 12.8. The lowest BCUT2D eigenvalue weighted by Crippen LogP contribution is -2.09. The number of hydrogen-bond donors (Lipinski definition) is 0. The maximum Gasteiger partial charge on any atom is 0.416 e. The van der Waals surface area contributed by atoms with Gasteiger partial charge >= 0.3 is 6.18 Å². The third-order valence-electron chi connectivity index (χ3n) is 2.75. The summed E-state index contributed by atoms with van der Waals surface area (Å²) in [6.45, 7) is 0.216. The second kappa shape index (κ2) is 4.09. The van der Waals surface area contributed by atoms with Crippen LogP contribution in [-0.2, 0) is 17.5 Å². The van der Waals surface area contributed by atoms with Gasteiger partial charge in [-0.05, 0) is 36.0 Å². The van der Waals surface area contributed by atoms with Gasteiger partial charge in [0.15, 0.2) is 0 Å². The summed E-state index contributed by atoms with van der Waals surface area (Å²) in [6, 6.07) is 4.51. The van der Waals surface area contributed by atoms with E-state index in [2.05, 4.69) is 0 Å². The Morgan fingerprint density at radius 2 is 2.00 bits per heavy atom. The lowest BCUT2D eigenvalue weighted by molar-refractivity contribution is -0.138. The fourth-order valence-corrected chi connectivity index (χ4v) is 1.86. The van der Waals surface area contributed by atoms with Gasteiger partial charge in [0.25, 0.3) is 0 Å². The highest BCUT2D eigenvalue weighted by Gasteiger charge is 2.38. The number of rotatable bonds is 3. The Morgan fingerprint density at radius 3 is 2.50 bits per heavy atom. The molecular weight excluding hydrogens is 217 g/mol. The molecule has 0 bridgehead atoms. The molecule has 0 radical (unpaired) electrons. The number of alkyl halides is 3. The molecule has 0 atom stereocenters. The smallest absolute Gasteiger partial charge is 0.380 e. The van der Waals surface area contributed by atoms with Gasteiger partial charge in [-0.1, -0.05) is 12.1 Å². The highest BCUT2D eigenvalue weighted by atomic mass is 19.4. The lowest BCUT2D eigenvalue weighted by Gasteiger charge is -2.14. The Labute approximate surface area is 92.2 Å². The minimum absolute atomic E-state index is 0.105. The first-order valence-electron chi connectivity index (χ1n) is 5.21. The van der Waals surface area contributed by atoms with Crippen molar-refractivity contribution in [1.29, 1.82) is 0 Å². The van der Waals surface area contributed by atoms with E-state index in [4.69, 9.17) is 4.74 Å².